The fraction of sp³-hybridized carbons (Fsp3) is 0.550. The number of hydrogen-bond acceptors (Lipinski definition) is 1. The molecule has 1 atom stereocenters. The summed E-state index contributed by atoms with van der Waals surface area (Å²) in [5, 5.41) is 7.79. The highest BCUT2D eigenvalue weighted by Crippen LogP contribution is 2.62. The van der Waals surface area contributed by atoms with Gasteiger partial charge in [0.1, 0.15) is 0 Å². The third kappa shape index (κ3) is 2.53. The molecule has 4 heteroatoms. The number of allylic oxidation sites excluding steroid dienone is 1. The van der Waals surface area contributed by atoms with Crippen LogP contribution in [-0.2, 0) is 0 Å². The Balaban J connectivity index is 1.50. The van der Waals surface area contributed by atoms with E-state index < -0.39 is 0 Å². The van der Waals surface area contributed by atoms with Crippen molar-refractivity contribution in [3.63, 3.8) is 0 Å². The topological polar surface area (TPSA) is 24.1 Å². The number of nitrogens with one attached hydrogen (secondary N) is 2. The van der Waals surface area contributed by atoms with E-state index >= 15 is 0 Å². The van der Waals surface area contributed by atoms with Gasteiger partial charge in [-0.15, -0.1) is 0 Å². The molecule has 126 valence electrons. The van der Waals surface area contributed by atoms with E-state index in [0.29, 0.717) is 5.41 Å². The van der Waals surface area contributed by atoms with Crippen molar-refractivity contribution in [2.75, 3.05) is 0 Å². The van der Waals surface area contributed by atoms with Crippen LogP contribution >= 0.6 is 28.1 Å². The van der Waals surface area contributed by atoms with Gasteiger partial charge in [-0.1, -0.05) is 28.1 Å². The van der Waals surface area contributed by atoms with Crippen molar-refractivity contribution in [1.82, 2.24) is 10.6 Å². The molecule has 1 aromatic carbocycles. The smallest absolute Gasteiger partial charge is 0.171 e. The Morgan fingerprint density at radius 2 is 1.54 bits per heavy atom. The zero-order chi connectivity index (χ0) is 16.3. The first kappa shape index (κ1) is 15.4. The van der Waals surface area contributed by atoms with E-state index in [9.17, 15) is 0 Å². The lowest BCUT2D eigenvalue weighted by molar-refractivity contribution is -0.0331. The molecule has 4 saturated carbocycles. The molecule has 0 amide bonds. The summed E-state index contributed by atoms with van der Waals surface area (Å²) >= 11 is 9.10. The lowest BCUT2D eigenvalue weighted by Gasteiger charge is -2.58. The van der Waals surface area contributed by atoms with E-state index in [0.717, 1.165) is 27.3 Å². The fourth-order valence-corrected chi connectivity index (χ4v) is 6.65. The molecule has 4 bridgehead atoms. The summed E-state index contributed by atoms with van der Waals surface area (Å²) in [6.07, 6.45) is 11.0. The molecule has 2 nitrogen and oxygen atoms in total. The highest BCUT2D eigenvalue weighted by atomic mass is 79.9. The Labute approximate surface area is 157 Å². The van der Waals surface area contributed by atoms with E-state index in [1.165, 1.54) is 49.8 Å². The van der Waals surface area contributed by atoms with Crippen LogP contribution in [0.5, 0.6) is 0 Å². The molecule has 4 aliphatic carbocycles. The summed E-state index contributed by atoms with van der Waals surface area (Å²) in [5.74, 6) is 2.86. The predicted molar refractivity (Wildman–Crippen MR) is 104 cm³/mol. The van der Waals surface area contributed by atoms with E-state index in [-0.39, 0.29) is 6.04 Å². The van der Waals surface area contributed by atoms with Crippen molar-refractivity contribution in [3.05, 3.63) is 46.1 Å². The van der Waals surface area contributed by atoms with E-state index in [1.54, 1.807) is 0 Å². The van der Waals surface area contributed by atoms with Gasteiger partial charge in [-0.2, -0.15) is 0 Å². The molecule has 0 radical (unpaired) electrons. The maximum absolute atomic E-state index is 5.57. The van der Waals surface area contributed by atoms with Crippen molar-refractivity contribution in [2.45, 2.75) is 44.6 Å². The van der Waals surface area contributed by atoms with Crippen LogP contribution in [0, 0.1) is 23.2 Å². The second-order valence-electron chi connectivity index (χ2n) is 8.41. The standard InChI is InChI=1S/C20H23BrN2S/c21-16-3-1-15(2-4-16)17-8-18(23-19(24)22-17)20-9-12-5-13(10-20)7-14(6-12)11-20/h1-4,8,12-14,17H,5-7,9-11H2,(H2,22,23,24)/t12?,13?,14?,17-,20?/m0/s1. The predicted octanol–water partition coefficient (Wildman–Crippen LogP) is 5.07. The number of halogens is 1. The number of rotatable bonds is 2. The summed E-state index contributed by atoms with van der Waals surface area (Å²) in [4.78, 5) is 0. The quantitative estimate of drug-likeness (QED) is 0.675. The Morgan fingerprint density at radius 3 is 2.12 bits per heavy atom. The minimum Gasteiger partial charge on any atom is -0.352 e. The number of hydrogen-bond donors (Lipinski definition) is 2. The highest BCUT2D eigenvalue weighted by molar-refractivity contribution is 9.10. The Bertz CT molecular complexity index is 674. The van der Waals surface area contributed by atoms with Crippen LogP contribution in [0.25, 0.3) is 0 Å². The van der Waals surface area contributed by atoms with Crippen LogP contribution < -0.4 is 10.6 Å². The van der Waals surface area contributed by atoms with Gasteiger partial charge in [0.2, 0.25) is 0 Å². The van der Waals surface area contributed by atoms with Gasteiger partial charge in [-0.3, -0.25) is 0 Å². The number of thiocarbonyl (C=S) groups is 1. The second kappa shape index (κ2) is 5.57. The molecule has 1 heterocycles. The first-order valence-corrected chi connectivity index (χ1v) is 10.3. The summed E-state index contributed by atoms with van der Waals surface area (Å²) in [6.45, 7) is 0. The lowest BCUT2D eigenvalue weighted by Crippen LogP contribution is -2.53. The summed E-state index contributed by atoms with van der Waals surface area (Å²) in [7, 11) is 0. The van der Waals surface area contributed by atoms with Gasteiger partial charge >= 0.3 is 0 Å². The summed E-state index contributed by atoms with van der Waals surface area (Å²) < 4.78 is 1.12. The molecule has 0 aromatic heterocycles. The molecule has 0 unspecified atom stereocenters. The van der Waals surface area contributed by atoms with Gasteiger partial charge in [0.05, 0.1) is 6.04 Å². The average Bonchev–Trinajstić information content (AvgIpc) is 2.54. The molecular weight excluding hydrogens is 380 g/mol. The van der Waals surface area contributed by atoms with Crippen molar-refractivity contribution in [2.24, 2.45) is 23.2 Å². The molecule has 0 saturated heterocycles. The average molecular weight is 403 g/mol. The normalized spacial score (nSPS) is 40.0. The van der Waals surface area contributed by atoms with Gasteiger partial charge in [0.25, 0.3) is 0 Å². The minimum absolute atomic E-state index is 0.190. The van der Waals surface area contributed by atoms with Gasteiger partial charge in [0, 0.05) is 15.6 Å². The largest absolute Gasteiger partial charge is 0.352 e. The molecule has 1 aromatic rings. The molecule has 4 fully saturated rings. The molecule has 24 heavy (non-hydrogen) atoms. The maximum atomic E-state index is 5.57. The van der Waals surface area contributed by atoms with Crippen molar-refractivity contribution >= 4 is 33.3 Å². The molecule has 5 aliphatic rings. The van der Waals surface area contributed by atoms with Crippen LogP contribution in [0.1, 0.15) is 50.1 Å². The molecule has 6 rings (SSSR count). The van der Waals surface area contributed by atoms with Crippen LogP contribution in [0.3, 0.4) is 0 Å². The Morgan fingerprint density at radius 1 is 0.958 bits per heavy atom. The van der Waals surface area contributed by atoms with Crippen LogP contribution in [-0.4, -0.2) is 5.11 Å². The molecular formula is C20H23BrN2S. The van der Waals surface area contributed by atoms with Gasteiger partial charge in [-0.25, -0.2) is 0 Å². The van der Waals surface area contributed by atoms with Gasteiger partial charge < -0.3 is 10.6 Å². The third-order valence-electron chi connectivity index (χ3n) is 6.71. The fourth-order valence-electron chi connectivity index (χ4n) is 6.15. The summed E-state index contributed by atoms with van der Waals surface area (Å²) in [5.41, 5.74) is 3.07. The SMILES string of the molecule is S=C1NC(C23CC4CC(CC(C4)C2)C3)=C[C@@H](c2ccc(Br)cc2)N1. The zero-order valence-corrected chi connectivity index (χ0v) is 16.1. The first-order chi connectivity index (χ1) is 11.6. The van der Waals surface area contributed by atoms with Gasteiger partial charge in [0.15, 0.2) is 5.11 Å². The van der Waals surface area contributed by atoms with Gasteiger partial charge in [-0.05, 0) is 92.3 Å². The molecule has 0 spiro atoms. The lowest BCUT2D eigenvalue weighted by atomic mass is 9.48. The maximum Gasteiger partial charge on any atom is 0.171 e. The van der Waals surface area contributed by atoms with Crippen molar-refractivity contribution < 1.29 is 0 Å². The van der Waals surface area contributed by atoms with E-state index in [1.807, 2.05) is 0 Å². The molecule has 1 aliphatic heterocycles. The first-order valence-electron chi connectivity index (χ1n) is 9.15. The van der Waals surface area contributed by atoms with Crippen LogP contribution in [0.15, 0.2) is 40.5 Å². The van der Waals surface area contributed by atoms with Crippen molar-refractivity contribution in [3.8, 4) is 0 Å². The highest BCUT2D eigenvalue weighted by Gasteiger charge is 2.53. The van der Waals surface area contributed by atoms with E-state index in [2.05, 4.69) is 56.9 Å². The third-order valence-corrected chi connectivity index (χ3v) is 7.46. The Kier molecular flexibility index (Phi) is 3.57. The van der Waals surface area contributed by atoms with E-state index in [4.69, 9.17) is 12.2 Å². The Hall–Kier alpha value is -0.870. The molecule has 2 N–H and O–H groups in total. The van der Waals surface area contributed by atoms with Crippen molar-refractivity contribution in [1.29, 1.82) is 0 Å². The second-order valence-corrected chi connectivity index (χ2v) is 9.73. The monoisotopic (exact) mass is 402 g/mol. The number of benzene rings is 1. The zero-order valence-electron chi connectivity index (χ0n) is 13.7. The van der Waals surface area contributed by atoms with Crippen LogP contribution in [0.2, 0.25) is 0 Å². The minimum atomic E-state index is 0.190. The summed E-state index contributed by atoms with van der Waals surface area (Å²) in [6, 6.07) is 8.78. The van der Waals surface area contributed by atoms with Crippen LogP contribution in [0.4, 0.5) is 0 Å².